The van der Waals surface area contributed by atoms with Gasteiger partial charge >= 0.3 is 0 Å². The van der Waals surface area contributed by atoms with Crippen molar-refractivity contribution in [3.63, 3.8) is 0 Å². The number of hydrogen-bond acceptors (Lipinski definition) is 2. The van der Waals surface area contributed by atoms with E-state index in [4.69, 9.17) is 4.74 Å². The van der Waals surface area contributed by atoms with Gasteiger partial charge in [-0.3, -0.25) is 4.79 Å². The number of carbonyl (C=O) groups excluding carboxylic acids is 1. The van der Waals surface area contributed by atoms with Gasteiger partial charge < -0.3 is 4.74 Å². The van der Waals surface area contributed by atoms with Gasteiger partial charge in [0.15, 0.2) is 0 Å². The molecule has 0 atom stereocenters. The Morgan fingerprint density at radius 1 is 1.33 bits per heavy atom. The van der Waals surface area contributed by atoms with Crippen LogP contribution in [0.2, 0.25) is 0 Å². The minimum Gasteiger partial charge on any atom is -0.493 e. The lowest BCUT2D eigenvalue weighted by atomic mass is 10.1. The molecule has 0 bridgehead atoms. The van der Waals surface area contributed by atoms with Crippen LogP contribution in [-0.4, -0.2) is 12.4 Å². The zero-order valence-electron chi connectivity index (χ0n) is 6.54. The topological polar surface area (TPSA) is 26.3 Å². The van der Waals surface area contributed by atoms with Gasteiger partial charge in [-0.1, -0.05) is 18.2 Å². The van der Waals surface area contributed by atoms with Gasteiger partial charge in [-0.05, 0) is 6.07 Å². The minimum absolute atomic E-state index is 0.0138. The third kappa shape index (κ3) is 1.33. The molecular formula is C10H8O2. The van der Waals surface area contributed by atoms with Crippen LogP contribution >= 0.6 is 0 Å². The van der Waals surface area contributed by atoms with Crippen molar-refractivity contribution in [2.24, 2.45) is 0 Å². The number of benzene rings is 1. The monoisotopic (exact) mass is 160 g/mol. The van der Waals surface area contributed by atoms with Gasteiger partial charge in [-0.25, -0.2) is 0 Å². The zero-order chi connectivity index (χ0) is 8.39. The summed E-state index contributed by atoms with van der Waals surface area (Å²) in [4.78, 5) is 11.1. The minimum atomic E-state index is 0.0138. The van der Waals surface area contributed by atoms with Crippen LogP contribution < -0.4 is 4.74 Å². The molecule has 1 aromatic carbocycles. The Morgan fingerprint density at radius 2 is 2.17 bits per heavy atom. The van der Waals surface area contributed by atoms with Crippen LogP contribution in [0.3, 0.4) is 0 Å². The van der Waals surface area contributed by atoms with E-state index in [2.05, 4.69) is 6.42 Å². The first kappa shape index (κ1) is 7.35. The van der Waals surface area contributed by atoms with Crippen molar-refractivity contribution in [2.75, 3.05) is 6.61 Å². The van der Waals surface area contributed by atoms with E-state index in [9.17, 15) is 4.79 Å². The number of ketones is 1. The fourth-order valence-electron chi connectivity index (χ4n) is 1.16. The van der Waals surface area contributed by atoms with E-state index in [-0.39, 0.29) is 5.78 Å². The molecule has 0 unspecified atom stereocenters. The Balaban J connectivity index is 2.37. The summed E-state index contributed by atoms with van der Waals surface area (Å²) in [6, 6.07) is 7.43. The molecule has 1 aromatic rings. The lowest BCUT2D eigenvalue weighted by molar-refractivity contribution is -0.115. The Labute approximate surface area is 71.2 Å². The van der Waals surface area contributed by atoms with Gasteiger partial charge in [0.25, 0.3) is 0 Å². The second-order valence-electron chi connectivity index (χ2n) is 2.64. The SMILES string of the molecule is O=C1[C]c2ccccc2OCC1. The van der Waals surface area contributed by atoms with Gasteiger partial charge in [0, 0.05) is 12.0 Å². The molecule has 12 heavy (non-hydrogen) atoms. The molecule has 2 heteroatoms. The van der Waals surface area contributed by atoms with Crippen molar-refractivity contribution in [2.45, 2.75) is 6.42 Å². The third-order valence-corrected chi connectivity index (χ3v) is 1.75. The van der Waals surface area contributed by atoms with E-state index >= 15 is 0 Å². The largest absolute Gasteiger partial charge is 0.493 e. The highest BCUT2D eigenvalue weighted by Crippen LogP contribution is 2.22. The van der Waals surface area contributed by atoms with Crippen LogP contribution in [0.4, 0.5) is 0 Å². The van der Waals surface area contributed by atoms with E-state index in [1.54, 1.807) is 0 Å². The van der Waals surface area contributed by atoms with Crippen LogP contribution in [0.5, 0.6) is 5.75 Å². The van der Waals surface area contributed by atoms with Crippen LogP contribution in [0, 0.1) is 6.42 Å². The highest BCUT2D eigenvalue weighted by atomic mass is 16.5. The predicted molar refractivity (Wildman–Crippen MR) is 43.9 cm³/mol. The zero-order valence-corrected chi connectivity index (χ0v) is 6.54. The summed E-state index contributed by atoms with van der Waals surface area (Å²) in [5.41, 5.74) is 0.764. The first-order chi connectivity index (χ1) is 5.86. The smallest absolute Gasteiger partial charge is 0.149 e. The van der Waals surface area contributed by atoms with Crippen molar-refractivity contribution < 1.29 is 9.53 Å². The fraction of sp³-hybridized carbons (Fsp3) is 0.200. The summed E-state index contributed by atoms with van der Waals surface area (Å²) in [6.45, 7) is 0.461. The summed E-state index contributed by atoms with van der Waals surface area (Å²) in [5.74, 6) is 0.767. The molecule has 1 heterocycles. The average Bonchev–Trinajstić information content (AvgIpc) is 2.25. The van der Waals surface area contributed by atoms with E-state index in [0.717, 1.165) is 11.3 Å². The van der Waals surface area contributed by atoms with Gasteiger partial charge in [-0.15, -0.1) is 0 Å². The first-order valence-electron chi connectivity index (χ1n) is 3.88. The second-order valence-corrected chi connectivity index (χ2v) is 2.64. The molecule has 60 valence electrons. The number of Topliss-reactive ketones (excluding diaryl/α,β-unsaturated/α-hetero) is 1. The molecule has 0 fully saturated rings. The summed E-state index contributed by atoms with van der Waals surface area (Å²) in [7, 11) is 0. The van der Waals surface area contributed by atoms with Crippen molar-refractivity contribution in [1.82, 2.24) is 0 Å². The second kappa shape index (κ2) is 2.97. The van der Waals surface area contributed by atoms with E-state index in [0.29, 0.717) is 13.0 Å². The molecule has 0 aliphatic carbocycles. The van der Waals surface area contributed by atoms with Gasteiger partial charge in [0.05, 0.1) is 13.0 Å². The molecule has 0 amide bonds. The molecular weight excluding hydrogens is 152 g/mol. The lowest BCUT2D eigenvalue weighted by Crippen LogP contribution is -2.00. The maximum Gasteiger partial charge on any atom is 0.149 e. The van der Waals surface area contributed by atoms with Crippen LogP contribution in [0.25, 0.3) is 0 Å². The molecule has 2 radical (unpaired) electrons. The first-order valence-corrected chi connectivity index (χ1v) is 3.88. The van der Waals surface area contributed by atoms with Crippen molar-refractivity contribution in [3.05, 3.63) is 36.2 Å². The summed E-state index contributed by atoms with van der Waals surface area (Å²) >= 11 is 0. The van der Waals surface area contributed by atoms with Gasteiger partial charge in [-0.2, -0.15) is 0 Å². The Hall–Kier alpha value is -1.31. The number of rotatable bonds is 0. The van der Waals surface area contributed by atoms with E-state index < -0.39 is 0 Å². The summed E-state index contributed by atoms with van der Waals surface area (Å²) in [5, 5.41) is 0. The van der Waals surface area contributed by atoms with Gasteiger partial charge in [0.2, 0.25) is 0 Å². The molecule has 1 aliphatic rings. The number of fused-ring (bicyclic) bond motifs is 1. The molecule has 2 nitrogen and oxygen atoms in total. The highest BCUT2D eigenvalue weighted by molar-refractivity contribution is 5.91. The Morgan fingerprint density at radius 3 is 3.08 bits per heavy atom. The average molecular weight is 160 g/mol. The van der Waals surface area contributed by atoms with Crippen LogP contribution in [0.1, 0.15) is 12.0 Å². The summed E-state index contributed by atoms with van der Waals surface area (Å²) in [6.07, 6.45) is 3.18. The quantitative estimate of drug-likeness (QED) is 0.574. The van der Waals surface area contributed by atoms with Crippen LogP contribution in [0.15, 0.2) is 24.3 Å². The predicted octanol–water partition coefficient (Wildman–Crippen LogP) is 1.47. The number of para-hydroxylation sites is 1. The summed E-state index contributed by atoms with van der Waals surface area (Å²) < 4.78 is 5.34. The standard InChI is InChI=1S/C10H8O2/c11-9-5-6-12-10-4-2-1-3-8(10)7-9/h1-4H,5-6H2. The molecule has 1 aliphatic heterocycles. The molecule has 2 rings (SSSR count). The third-order valence-electron chi connectivity index (χ3n) is 1.75. The normalized spacial score (nSPS) is 16.2. The molecule has 0 aromatic heterocycles. The molecule has 0 N–H and O–H groups in total. The molecule has 0 saturated heterocycles. The Bertz CT molecular complexity index is 304. The maximum absolute atomic E-state index is 11.1. The fourth-order valence-corrected chi connectivity index (χ4v) is 1.16. The van der Waals surface area contributed by atoms with E-state index in [1.807, 2.05) is 24.3 Å². The number of carbonyl (C=O) groups is 1. The van der Waals surface area contributed by atoms with Crippen molar-refractivity contribution in [1.29, 1.82) is 0 Å². The molecule has 0 spiro atoms. The van der Waals surface area contributed by atoms with Crippen molar-refractivity contribution in [3.8, 4) is 5.75 Å². The highest BCUT2D eigenvalue weighted by Gasteiger charge is 2.14. The maximum atomic E-state index is 11.1. The van der Waals surface area contributed by atoms with Crippen molar-refractivity contribution >= 4 is 5.78 Å². The molecule has 0 saturated carbocycles. The number of ether oxygens (including phenoxy) is 1. The number of hydrogen-bond donors (Lipinski definition) is 0. The lowest BCUT2D eigenvalue weighted by Gasteiger charge is -2.03. The van der Waals surface area contributed by atoms with E-state index in [1.165, 1.54) is 0 Å². The van der Waals surface area contributed by atoms with Gasteiger partial charge in [0.1, 0.15) is 11.5 Å². The Kier molecular flexibility index (Phi) is 1.82. The van der Waals surface area contributed by atoms with Crippen LogP contribution in [-0.2, 0) is 4.79 Å².